The Bertz CT molecular complexity index is 409. The van der Waals surface area contributed by atoms with E-state index in [-0.39, 0.29) is 29.9 Å². The first-order chi connectivity index (χ1) is 8.88. The summed E-state index contributed by atoms with van der Waals surface area (Å²) in [7, 11) is 1.44. The molecule has 1 heterocycles. The van der Waals surface area contributed by atoms with Gasteiger partial charge in [0.05, 0.1) is 18.2 Å². The van der Waals surface area contributed by atoms with Gasteiger partial charge in [0.25, 0.3) is 0 Å². The highest BCUT2D eigenvalue weighted by Crippen LogP contribution is 2.35. The molecule has 0 saturated heterocycles. The second-order valence-electron chi connectivity index (χ2n) is 3.86. The molecule has 1 rings (SSSR count). The van der Waals surface area contributed by atoms with Crippen LogP contribution >= 0.6 is 15.9 Å². The summed E-state index contributed by atoms with van der Waals surface area (Å²) >= 11 is 2.96. The molecule has 0 radical (unpaired) electrons. The minimum Gasteiger partial charge on any atom is -0.396 e. The van der Waals surface area contributed by atoms with E-state index in [1.807, 2.05) is 0 Å². The predicted octanol–water partition coefficient (Wildman–Crippen LogP) is 2.67. The molecular weight excluding hydrogens is 329 g/mol. The van der Waals surface area contributed by atoms with E-state index in [2.05, 4.69) is 26.2 Å². The van der Waals surface area contributed by atoms with Crippen LogP contribution in [0.3, 0.4) is 0 Å². The third-order valence-corrected chi connectivity index (χ3v) is 2.78. The maximum atomic E-state index is 12.9. The summed E-state index contributed by atoms with van der Waals surface area (Å²) in [4.78, 5) is 3.73. The lowest BCUT2D eigenvalue weighted by Crippen LogP contribution is -2.28. The number of aliphatic hydroxyl groups is 1. The van der Waals surface area contributed by atoms with Crippen LogP contribution < -0.4 is 5.32 Å². The number of pyridine rings is 1. The van der Waals surface area contributed by atoms with Gasteiger partial charge < -0.3 is 15.2 Å². The molecule has 0 saturated carbocycles. The predicted molar refractivity (Wildman–Crippen MR) is 67.9 cm³/mol. The van der Waals surface area contributed by atoms with Crippen molar-refractivity contribution in [3.8, 4) is 0 Å². The van der Waals surface area contributed by atoms with Crippen LogP contribution in [-0.2, 0) is 10.9 Å². The van der Waals surface area contributed by atoms with Crippen molar-refractivity contribution in [1.82, 2.24) is 4.98 Å². The number of methoxy groups -OCH3 is 1. The van der Waals surface area contributed by atoms with Crippen molar-refractivity contribution >= 4 is 21.7 Å². The van der Waals surface area contributed by atoms with Gasteiger partial charge >= 0.3 is 6.18 Å². The largest absolute Gasteiger partial charge is 0.419 e. The summed E-state index contributed by atoms with van der Waals surface area (Å²) in [5.41, 5.74) is -0.860. The van der Waals surface area contributed by atoms with Gasteiger partial charge in [-0.05, 0) is 28.4 Å². The van der Waals surface area contributed by atoms with Gasteiger partial charge in [-0.2, -0.15) is 13.2 Å². The standard InChI is InChI=1S/C11H14BrF3N2O2/c1-19-6-8(2-3-18)17-10-9(11(13,14)15)4-7(12)5-16-10/h4-5,8,18H,2-3,6H2,1H3,(H,16,17). The van der Waals surface area contributed by atoms with Crippen LogP contribution in [0.25, 0.3) is 0 Å². The number of aliphatic hydroxyl groups excluding tert-OH is 1. The first-order valence-corrected chi connectivity index (χ1v) is 6.27. The lowest BCUT2D eigenvalue weighted by molar-refractivity contribution is -0.137. The molecule has 8 heteroatoms. The van der Waals surface area contributed by atoms with Gasteiger partial charge in [0.2, 0.25) is 0 Å². The van der Waals surface area contributed by atoms with E-state index in [4.69, 9.17) is 9.84 Å². The van der Waals surface area contributed by atoms with Crippen LogP contribution in [0.15, 0.2) is 16.7 Å². The topological polar surface area (TPSA) is 54.4 Å². The van der Waals surface area contributed by atoms with Crippen molar-refractivity contribution in [2.24, 2.45) is 0 Å². The van der Waals surface area contributed by atoms with E-state index in [1.165, 1.54) is 13.3 Å². The summed E-state index contributed by atoms with van der Waals surface area (Å²) in [6, 6.07) is 0.516. The molecule has 0 fully saturated rings. The van der Waals surface area contributed by atoms with Crippen LogP contribution in [0.4, 0.5) is 19.0 Å². The molecule has 1 unspecified atom stereocenters. The number of ether oxygens (including phenoxy) is 1. The monoisotopic (exact) mass is 342 g/mol. The van der Waals surface area contributed by atoms with Crippen LogP contribution in [-0.4, -0.2) is 36.5 Å². The number of hydrogen-bond donors (Lipinski definition) is 2. The number of alkyl halides is 3. The van der Waals surface area contributed by atoms with Gasteiger partial charge in [0, 0.05) is 24.4 Å². The molecule has 0 aliphatic rings. The van der Waals surface area contributed by atoms with Crippen molar-refractivity contribution in [3.05, 3.63) is 22.3 Å². The van der Waals surface area contributed by atoms with Crippen molar-refractivity contribution in [3.63, 3.8) is 0 Å². The fourth-order valence-electron chi connectivity index (χ4n) is 1.52. The second-order valence-corrected chi connectivity index (χ2v) is 4.77. The van der Waals surface area contributed by atoms with E-state index >= 15 is 0 Å². The summed E-state index contributed by atoms with van der Waals surface area (Å²) in [6.07, 6.45) is -2.96. The van der Waals surface area contributed by atoms with Gasteiger partial charge in [-0.25, -0.2) is 4.98 Å². The third-order valence-electron chi connectivity index (χ3n) is 2.35. The van der Waals surface area contributed by atoms with E-state index in [0.717, 1.165) is 6.07 Å². The highest BCUT2D eigenvalue weighted by Gasteiger charge is 2.35. The van der Waals surface area contributed by atoms with Crippen LogP contribution in [0.1, 0.15) is 12.0 Å². The normalized spacial score (nSPS) is 13.4. The van der Waals surface area contributed by atoms with E-state index in [9.17, 15) is 13.2 Å². The van der Waals surface area contributed by atoms with Crippen molar-refractivity contribution < 1.29 is 23.0 Å². The third kappa shape index (κ3) is 4.96. The molecule has 19 heavy (non-hydrogen) atoms. The first-order valence-electron chi connectivity index (χ1n) is 5.47. The SMILES string of the molecule is COCC(CCO)Nc1ncc(Br)cc1C(F)(F)F. The Labute approximate surface area is 117 Å². The van der Waals surface area contributed by atoms with Gasteiger partial charge in [-0.1, -0.05) is 0 Å². The molecule has 1 atom stereocenters. The van der Waals surface area contributed by atoms with Crippen LogP contribution in [0.5, 0.6) is 0 Å². The molecule has 0 aromatic carbocycles. The Morgan fingerprint density at radius 3 is 2.74 bits per heavy atom. The number of rotatable bonds is 6. The quantitative estimate of drug-likeness (QED) is 0.834. The smallest absolute Gasteiger partial charge is 0.396 e. The highest BCUT2D eigenvalue weighted by atomic mass is 79.9. The van der Waals surface area contributed by atoms with Gasteiger partial charge in [0.15, 0.2) is 0 Å². The molecule has 2 N–H and O–H groups in total. The fourth-order valence-corrected chi connectivity index (χ4v) is 1.85. The minimum atomic E-state index is -4.50. The molecule has 108 valence electrons. The molecule has 1 aromatic heterocycles. The molecule has 0 aliphatic heterocycles. The molecular formula is C11H14BrF3N2O2. The maximum absolute atomic E-state index is 12.9. The number of halogens is 4. The highest BCUT2D eigenvalue weighted by molar-refractivity contribution is 9.10. The molecule has 4 nitrogen and oxygen atoms in total. The fraction of sp³-hybridized carbons (Fsp3) is 0.545. The zero-order valence-electron chi connectivity index (χ0n) is 10.2. The number of aromatic nitrogens is 1. The van der Waals surface area contributed by atoms with Crippen molar-refractivity contribution in [2.75, 3.05) is 25.6 Å². The van der Waals surface area contributed by atoms with E-state index < -0.39 is 17.8 Å². The first kappa shape index (κ1) is 16.2. The molecule has 0 amide bonds. The van der Waals surface area contributed by atoms with Gasteiger partial charge in [-0.3, -0.25) is 0 Å². The Balaban J connectivity index is 2.98. The number of nitrogens with zero attached hydrogens (tertiary/aromatic N) is 1. The summed E-state index contributed by atoms with van der Waals surface area (Å²) in [6.45, 7) is 0.0223. The van der Waals surface area contributed by atoms with Crippen LogP contribution in [0.2, 0.25) is 0 Å². The Kier molecular flexibility index (Phi) is 6.02. The molecule has 0 spiro atoms. The van der Waals surface area contributed by atoms with Crippen LogP contribution in [0, 0.1) is 0 Å². The lowest BCUT2D eigenvalue weighted by atomic mass is 10.2. The summed E-state index contributed by atoms with van der Waals surface area (Å²) < 4.78 is 43.7. The average Bonchev–Trinajstić information content (AvgIpc) is 2.31. The van der Waals surface area contributed by atoms with Crippen molar-refractivity contribution in [1.29, 1.82) is 0 Å². The number of hydrogen-bond acceptors (Lipinski definition) is 4. The Morgan fingerprint density at radius 1 is 1.53 bits per heavy atom. The molecule has 0 aliphatic carbocycles. The Hall–Kier alpha value is -0.860. The minimum absolute atomic E-state index is 0.154. The number of anilines is 1. The summed E-state index contributed by atoms with van der Waals surface area (Å²) in [5.74, 6) is -0.272. The van der Waals surface area contributed by atoms with Gasteiger partial charge in [-0.15, -0.1) is 0 Å². The molecule has 1 aromatic rings. The average molecular weight is 343 g/mol. The maximum Gasteiger partial charge on any atom is 0.419 e. The van der Waals surface area contributed by atoms with Gasteiger partial charge in [0.1, 0.15) is 5.82 Å². The zero-order valence-corrected chi connectivity index (χ0v) is 11.8. The molecule has 0 bridgehead atoms. The second kappa shape index (κ2) is 7.06. The van der Waals surface area contributed by atoms with E-state index in [0.29, 0.717) is 0 Å². The van der Waals surface area contributed by atoms with Crippen molar-refractivity contribution in [2.45, 2.75) is 18.6 Å². The summed E-state index contributed by atoms with van der Waals surface area (Å²) in [5, 5.41) is 11.5. The zero-order chi connectivity index (χ0) is 14.5. The number of nitrogens with one attached hydrogen (secondary N) is 1. The Morgan fingerprint density at radius 2 is 2.21 bits per heavy atom. The lowest BCUT2D eigenvalue weighted by Gasteiger charge is -2.20. The van der Waals surface area contributed by atoms with E-state index in [1.54, 1.807) is 0 Å².